The maximum atomic E-state index is 12.7. The first-order valence-electron chi connectivity index (χ1n) is 18.5. The number of carboxylic acid groups (broad SMARTS) is 2. The van der Waals surface area contributed by atoms with Crippen LogP contribution in [0.5, 0.6) is 34.5 Å². The quantitative estimate of drug-likeness (QED) is 0.0589. The van der Waals surface area contributed by atoms with E-state index < -0.39 is 82.4 Å². The number of carboxylic acids is 2. The van der Waals surface area contributed by atoms with Gasteiger partial charge in [0.05, 0.1) is 0 Å². The maximum Gasteiger partial charge on any atom is 0.325 e. The largest absolute Gasteiger partial charge is 0.507 e. The minimum atomic E-state index is -1.26. The summed E-state index contributed by atoms with van der Waals surface area (Å²) < 4.78 is 0. The van der Waals surface area contributed by atoms with E-state index in [1.165, 1.54) is 27.7 Å². The number of hydrogen-bond donors (Lipinski definition) is 10. The Balaban J connectivity index is 2.10. The molecule has 0 aliphatic carbocycles. The van der Waals surface area contributed by atoms with Crippen LogP contribution in [0.15, 0.2) is 22.1 Å². The molecule has 0 aromatic heterocycles. The van der Waals surface area contributed by atoms with E-state index >= 15 is 0 Å². The molecule has 310 valence electrons. The van der Waals surface area contributed by atoms with Gasteiger partial charge in [-0.2, -0.15) is 0 Å². The van der Waals surface area contributed by atoms with Gasteiger partial charge >= 0.3 is 11.9 Å². The Morgan fingerprint density at radius 1 is 0.534 bits per heavy atom. The van der Waals surface area contributed by atoms with Crippen molar-refractivity contribution in [3.05, 3.63) is 45.5 Å². The molecule has 0 saturated heterocycles. The Bertz CT molecular complexity index is 2250. The maximum absolute atomic E-state index is 12.7. The standard InChI is InChI=1S/C42H50N4O12/c1-15(2)27-23-11-17(5)29(35(49)31(23)25(33(47)37(27)51)13-43-19(7)39(53)45-21(9)41(55)56)30-18(6)12-24-28(16(3)4)38(52)34(48)26(32(24)36(30)50)14-44-20(8)40(54)46-22(10)42(57)58/h11-16,19-22,47-52H,1-10H3,(H,45,53)(H,46,54)(H,55,56)(H,57,58). The second-order valence-electron chi connectivity index (χ2n) is 15.1. The van der Waals surface area contributed by atoms with E-state index in [4.69, 9.17) is 0 Å². The SMILES string of the molecule is Cc1cc2c(C(C)C)c(O)c(O)c(C=NC(C)C(=O)NC(C)C(=O)O)c2c(O)c1-c1c(C)cc2c(C(C)C)c(O)c(O)c(C=NC(C)C(=O)NC(C)C(=O)O)c2c1O. The minimum Gasteiger partial charge on any atom is -0.507 e. The van der Waals surface area contributed by atoms with Crippen molar-refractivity contribution in [2.45, 2.75) is 105 Å². The highest BCUT2D eigenvalue weighted by Gasteiger charge is 2.30. The molecule has 0 aliphatic rings. The molecule has 4 unspecified atom stereocenters. The highest BCUT2D eigenvalue weighted by molar-refractivity contribution is 6.15. The fraction of sp³-hybridized carbons (Fsp3) is 0.381. The molecule has 0 spiro atoms. The number of aromatic hydroxyl groups is 6. The third-order valence-corrected chi connectivity index (χ3v) is 10.1. The molecule has 4 aromatic carbocycles. The summed E-state index contributed by atoms with van der Waals surface area (Å²) in [7, 11) is 0. The topological polar surface area (TPSA) is 279 Å². The van der Waals surface area contributed by atoms with Crippen molar-refractivity contribution in [2.75, 3.05) is 0 Å². The summed E-state index contributed by atoms with van der Waals surface area (Å²) in [5, 5.41) is 93.6. The van der Waals surface area contributed by atoms with Gasteiger partial charge in [-0.25, -0.2) is 0 Å². The van der Waals surface area contributed by atoms with Gasteiger partial charge in [0.1, 0.15) is 35.7 Å². The molecule has 10 N–H and O–H groups in total. The highest BCUT2D eigenvalue weighted by Crippen LogP contribution is 2.54. The van der Waals surface area contributed by atoms with Crippen molar-refractivity contribution < 1.29 is 60.0 Å². The monoisotopic (exact) mass is 802 g/mol. The normalized spacial score (nSPS) is 14.1. The Morgan fingerprint density at radius 2 is 0.845 bits per heavy atom. The molecule has 0 saturated carbocycles. The number of hydrogen-bond acceptors (Lipinski definition) is 12. The predicted molar refractivity (Wildman–Crippen MR) is 219 cm³/mol. The molecule has 0 fully saturated rings. The number of carbonyl (C=O) groups excluding carboxylic acids is 2. The number of aliphatic carboxylic acids is 2. The Hall–Kier alpha value is -6.58. The number of nitrogens with zero attached hydrogens (tertiary/aromatic N) is 2. The first-order chi connectivity index (χ1) is 26.9. The van der Waals surface area contributed by atoms with Crippen molar-refractivity contribution in [1.82, 2.24) is 10.6 Å². The van der Waals surface area contributed by atoms with E-state index in [0.717, 1.165) is 12.4 Å². The van der Waals surface area contributed by atoms with E-state index in [2.05, 4.69) is 20.6 Å². The molecule has 0 aliphatic heterocycles. The van der Waals surface area contributed by atoms with Gasteiger partial charge < -0.3 is 51.5 Å². The molecule has 4 atom stereocenters. The van der Waals surface area contributed by atoms with Crippen molar-refractivity contribution >= 4 is 57.7 Å². The number of phenols is 6. The molecule has 16 heteroatoms. The molecule has 58 heavy (non-hydrogen) atoms. The van der Waals surface area contributed by atoms with Crippen LogP contribution in [0.2, 0.25) is 0 Å². The Kier molecular flexibility index (Phi) is 12.8. The van der Waals surface area contributed by atoms with Gasteiger partial charge in [-0.05, 0) is 75.3 Å². The number of phenolic OH excluding ortho intramolecular Hbond substituents is 6. The average molecular weight is 803 g/mol. The summed E-state index contributed by atoms with van der Waals surface area (Å²) in [6, 6.07) is -1.47. The van der Waals surface area contributed by atoms with E-state index in [-0.39, 0.29) is 56.0 Å². The number of carbonyl (C=O) groups is 4. The number of benzene rings is 4. The number of aliphatic imine (C=N–C) groups is 2. The zero-order valence-corrected chi connectivity index (χ0v) is 33.9. The molecule has 16 nitrogen and oxygen atoms in total. The fourth-order valence-corrected chi connectivity index (χ4v) is 6.92. The number of nitrogens with one attached hydrogen (secondary N) is 2. The molecule has 4 rings (SSSR count). The zero-order chi connectivity index (χ0) is 43.8. The lowest BCUT2D eigenvalue weighted by Gasteiger charge is -2.23. The first kappa shape index (κ1) is 44.1. The van der Waals surface area contributed by atoms with Gasteiger partial charge in [-0.15, -0.1) is 0 Å². The van der Waals surface area contributed by atoms with E-state index in [1.54, 1.807) is 53.7 Å². The van der Waals surface area contributed by atoms with Crippen molar-refractivity contribution in [3.8, 4) is 45.6 Å². The lowest BCUT2D eigenvalue weighted by atomic mass is 9.83. The fourth-order valence-electron chi connectivity index (χ4n) is 6.92. The third kappa shape index (κ3) is 8.12. The third-order valence-electron chi connectivity index (χ3n) is 10.1. The van der Waals surface area contributed by atoms with Crippen LogP contribution in [0, 0.1) is 13.8 Å². The minimum absolute atomic E-state index is 0.00222. The lowest BCUT2D eigenvalue weighted by Crippen LogP contribution is -2.42. The van der Waals surface area contributed by atoms with E-state index in [0.29, 0.717) is 21.9 Å². The van der Waals surface area contributed by atoms with Crippen LogP contribution < -0.4 is 10.6 Å². The van der Waals surface area contributed by atoms with Crippen LogP contribution in [0.3, 0.4) is 0 Å². The van der Waals surface area contributed by atoms with Crippen molar-refractivity contribution in [3.63, 3.8) is 0 Å². The summed E-state index contributed by atoms with van der Waals surface area (Å²) in [5.41, 5.74) is 1.19. The average Bonchev–Trinajstić information content (AvgIpc) is 3.12. The van der Waals surface area contributed by atoms with Crippen molar-refractivity contribution in [1.29, 1.82) is 0 Å². The second-order valence-corrected chi connectivity index (χ2v) is 15.1. The first-order valence-corrected chi connectivity index (χ1v) is 18.5. The summed E-state index contributed by atoms with van der Waals surface area (Å²) in [5.74, 6) is -7.99. The Morgan fingerprint density at radius 3 is 1.12 bits per heavy atom. The summed E-state index contributed by atoms with van der Waals surface area (Å²) in [4.78, 5) is 56.5. The van der Waals surface area contributed by atoms with E-state index in [1.807, 2.05) is 0 Å². The molecular formula is C42H50N4O12. The van der Waals surface area contributed by atoms with Gasteiger partial charge in [-0.3, -0.25) is 29.2 Å². The van der Waals surface area contributed by atoms with Gasteiger partial charge in [0, 0.05) is 56.6 Å². The second kappa shape index (κ2) is 16.9. The predicted octanol–water partition coefficient (Wildman–Crippen LogP) is 5.55. The van der Waals surface area contributed by atoms with Crippen LogP contribution >= 0.6 is 0 Å². The van der Waals surface area contributed by atoms with Gasteiger partial charge in [0.25, 0.3) is 0 Å². The molecule has 0 heterocycles. The van der Waals surface area contributed by atoms with Crippen LogP contribution in [0.4, 0.5) is 0 Å². The van der Waals surface area contributed by atoms with Crippen LogP contribution in [-0.4, -0.2) is 101 Å². The summed E-state index contributed by atoms with van der Waals surface area (Å²) >= 11 is 0. The molecular weight excluding hydrogens is 752 g/mol. The lowest BCUT2D eigenvalue weighted by molar-refractivity contribution is -0.141. The molecule has 0 bridgehead atoms. The van der Waals surface area contributed by atoms with E-state index in [9.17, 15) is 60.0 Å². The van der Waals surface area contributed by atoms with Crippen LogP contribution in [-0.2, 0) is 19.2 Å². The van der Waals surface area contributed by atoms with Crippen LogP contribution in [0.25, 0.3) is 32.7 Å². The zero-order valence-electron chi connectivity index (χ0n) is 33.9. The molecule has 0 radical (unpaired) electrons. The Labute approximate surface area is 334 Å². The van der Waals surface area contributed by atoms with Crippen LogP contribution in [0.1, 0.15) is 101 Å². The number of rotatable bonds is 13. The van der Waals surface area contributed by atoms with Gasteiger partial charge in [0.15, 0.2) is 23.0 Å². The number of aryl methyl sites for hydroxylation is 2. The number of fused-ring (bicyclic) bond motifs is 2. The van der Waals surface area contributed by atoms with Gasteiger partial charge in [-0.1, -0.05) is 39.8 Å². The molecule has 2 amide bonds. The smallest absolute Gasteiger partial charge is 0.325 e. The summed E-state index contributed by atoms with van der Waals surface area (Å²) in [6.45, 7) is 15.7. The highest BCUT2D eigenvalue weighted by atomic mass is 16.4. The van der Waals surface area contributed by atoms with Gasteiger partial charge in [0.2, 0.25) is 11.8 Å². The molecule has 4 aromatic rings. The van der Waals surface area contributed by atoms with Crippen molar-refractivity contribution in [2.24, 2.45) is 9.98 Å². The number of amides is 2. The summed E-state index contributed by atoms with van der Waals surface area (Å²) in [6.07, 6.45) is 2.17.